The molecule has 2 aromatic carbocycles. The van der Waals surface area contributed by atoms with Crippen molar-refractivity contribution in [3.63, 3.8) is 0 Å². The highest BCUT2D eigenvalue weighted by atomic mass is 79.9. The van der Waals surface area contributed by atoms with Crippen LogP contribution in [0.4, 0.5) is 0 Å². The lowest BCUT2D eigenvalue weighted by atomic mass is 10.0. The molecular formula is C15H14BrClO2. The van der Waals surface area contributed by atoms with Gasteiger partial charge in [-0.3, -0.25) is 0 Å². The summed E-state index contributed by atoms with van der Waals surface area (Å²) in [5, 5.41) is 10.9. The first-order valence-electron chi connectivity index (χ1n) is 5.86. The van der Waals surface area contributed by atoms with E-state index in [0.717, 1.165) is 21.3 Å². The Morgan fingerprint density at radius 3 is 2.68 bits per heavy atom. The molecule has 0 fully saturated rings. The lowest BCUT2D eigenvalue weighted by Gasteiger charge is -2.15. The van der Waals surface area contributed by atoms with Crippen molar-refractivity contribution >= 4 is 27.5 Å². The average Bonchev–Trinajstić information content (AvgIpc) is 2.39. The molecule has 0 radical (unpaired) electrons. The van der Waals surface area contributed by atoms with Crippen molar-refractivity contribution < 1.29 is 9.84 Å². The molecule has 0 spiro atoms. The molecule has 100 valence electrons. The number of halogens is 2. The van der Waals surface area contributed by atoms with E-state index < -0.39 is 6.10 Å². The Bertz CT molecular complexity index is 572. The molecule has 2 nitrogen and oxygen atoms in total. The fourth-order valence-electron chi connectivity index (χ4n) is 1.96. The third kappa shape index (κ3) is 3.50. The van der Waals surface area contributed by atoms with Crippen LogP contribution in [-0.4, -0.2) is 12.2 Å². The van der Waals surface area contributed by atoms with Gasteiger partial charge in [0.2, 0.25) is 0 Å². The highest BCUT2D eigenvalue weighted by Crippen LogP contribution is 2.30. The van der Waals surface area contributed by atoms with Crippen molar-refractivity contribution in [3.8, 4) is 5.75 Å². The lowest BCUT2D eigenvalue weighted by molar-refractivity contribution is 0.177. The summed E-state index contributed by atoms with van der Waals surface area (Å²) in [4.78, 5) is 0. The first-order valence-corrected chi connectivity index (χ1v) is 7.04. The van der Waals surface area contributed by atoms with Gasteiger partial charge in [-0.2, -0.15) is 0 Å². The molecule has 0 bridgehead atoms. The predicted molar refractivity (Wildman–Crippen MR) is 80.8 cm³/mol. The molecule has 0 aliphatic carbocycles. The number of aliphatic hydroxyl groups excluding tert-OH is 1. The minimum Gasteiger partial charge on any atom is -0.496 e. The molecule has 0 saturated heterocycles. The van der Waals surface area contributed by atoms with Crippen LogP contribution in [-0.2, 0) is 6.42 Å². The fraction of sp³-hybridized carbons (Fsp3) is 0.200. The first kappa shape index (κ1) is 14.4. The lowest BCUT2D eigenvalue weighted by Crippen LogP contribution is -2.04. The molecule has 19 heavy (non-hydrogen) atoms. The van der Waals surface area contributed by atoms with Crippen LogP contribution >= 0.6 is 27.5 Å². The van der Waals surface area contributed by atoms with Crippen LogP contribution in [0.15, 0.2) is 46.9 Å². The van der Waals surface area contributed by atoms with E-state index in [1.165, 1.54) is 0 Å². The summed E-state index contributed by atoms with van der Waals surface area (Å²) < 4.78 is 6.17. The van der Waals surface area contributed by atoms with E-state index in [1.54, 1.807) is 13.2 Å². The van der Waals surface area contributed by atoms with Crippen LogP contribution < -0.4 is 4.74 Å². The van der Waals surface area contributed by atoms with Gasteiger partial charge in [0.05, 0.1) is 13.2 Å². The SMILES string of the molecule is COc1ccccc1CC(O)c1ccc(Br)cc1Cl. The van der Waals surface area contributed by atoms with Crippen LogP contribution in [0.2, 0.25) is 5.02 Å². The van der Waals surface area contributed by atoms with Crippen molar-refractivity contribution in [2.75, 3.05) is 7.11 Å². The minimum absolute atomic E-state index is 0.464. The second-order valence-corrected chi connectivity index (χ2v) is 5.52. The summed E-state index contributed by atoms with van der Waals surface area (Å²) in [5.41, 5.74) is 1.67. The maximum Gasteiger partial charge on any atom is 0.122 e. The Morgan fingerprint density at radius 1 is 1.26 bits per heavy atom. The number of ether oxygens (including phenoxy) is 1. The van der Waals surface area contributed by atoms with Gasteiger partial charge in [0.15, 0.2) is 0 Å². The van der Waals surface area contributed by atoms with Crippen molar-refractivity contribution in [2.24, 2.45) is 0 Å². The molecule has 1 atom stereocenters. The first-order chi connectivity index (χ1) is 9.11. The van der Waals surface area contributed by atoms with E-state index in [1.807, 2.05) is 36.4 Å². The van der Waals surface area contributed by atoms with E-state index in [4.69, 9.17) is 16.3 Å². The van der Waals surface area contributed by atoms with E-state index >= 15 is 0 Å². The van der Waals surface area contributed by atoms with Crippen LogP contribution in [0.3, 0.4) is 0 Å². The van der Waals surface area contributed by atoms with Gasteiger partial charge >= 0.3 is 0 Å². The summed E-state index contributed by atoms with van der Waals surface area (Å²) in [6, 6.07) is 13.1. The predicted octanol–water partition coefficient (Wildman–Crippen LogP) is 4.39. The Morgan fingerprint density at radius 2 is 2.00 bits per heavy atom. The van der Waals surface area contributed by atoms with Gasteiger partial charge in [-0.1, -0.05) is 51.8 Å². The number of hydrogen-bond acceptors (Lipinski definition) is 2. The van der Waals surface area contributed by atoms with Crippen LogP contribution in [0.5, 0.6) is 5.75 Å². The van der Waals surface area contributed by atoms with Crippen molar-refractivity contribution in [1.82, 2.24) is 0 Å². The third-order valence-electron chi connectivity index (χ3n) is 2.93. The van der Waals surface area contributed by atoms with Gasteiger partial charge in [-0.25, -0.2) is 0 Å². The zero-order valence-corrected chi connectivity index (χ0v) is 12.8. The Kier molecular flexibility index (Phi) is 4.86. The number of methoxy groups -OCH3 is 1. The maximum atomic E-state index is 10.3. The summed E-state index contributed by atoms with van der Waals surface area (Å²) >= 11 is 9.49. The highest BCUT2D eigenvalue weighted by molar-refractivity contribution is 9.10. The molecular weight excluding hydrogens is 328 g/mol. The summed E-state index contributed by atoms with van der Waals surface area (Å²) in [6.07, 6.45) is -0.192. The number of rotatable bonds is 4. The van der Waals surface area contributed by atoms with Crippen LogP contribution in [0.1, 0.15) is 17.2 Å². The maximum absolute atomic E-state index is 10.3. The number of aliphatic hydroxyl groups is 1. The molecule has 2 rings (SSSR count). The molecule has 0 amide bonds. The van der Waals surface area contributed by atoms with Crippen LogP contribution in [0.25, 0.3) is 0 Å². The molecule has 0 aliphatic heterocycles. The van der Waals surface area contributed by atoms with Crippen LogP contribution in [0, 0.1) is 0 Å². The Hall–Kier alpha value is -1.03. The standard InChI is InChI=1S/C15H14BrClO2/c1-19-15-5-3-2-4-10(15)8-14(18)12-7-6-11(16)9-13(12)17/h2-7,9,14,18H,8H2,1H3. The van der Waals surface area contributed by atoms with E-state index in [-0.39, 0.29) is 0 Å². The van der Waals surface area contributed by atoms with Gasteiger partial charge < -0.3 is 9.84 Å². The number of hydrogen-bond donors (Lipinski definition) is 1. The molecule has 0 heterocycles. The van der Waals surface area contributed by atoms with Gasteiger partial charge in [-0.05, 0) is 29.3 Å². The van der Waals surface area contributed by atoms with E-state index in [2.05, 4.69) is 15.9 Å². The van der Waals surface area contributed by atoms with Gasteiger partial charge in [0, 0.05) is 15.9 Å². The zero-order chi connectivity index (χ0) is 13.8. The van der Waals surface area contributed by atoms with Crippen molar-refractivity contribution in [2.45, 2.75) is 12.5 Å². The Labute approximate surface area is 126 Å². The Balaban J connectivity index is 2.23. The second kappa shape index (κ2) is 6.42. The fourth-order valence-corrected chi connectivity index (χ4v) is 2.76. The molecule has 4 heteroatoms. The van der Waals surface area contributed by atoms with Crippen molar-refractivity contribution in [3.05, 3.63) is 63.1 Å². The molecule has 1 unspecified atom stereocenters. The molecule has 1 N–H and O–H groups in total. The average molecular weight is 342 g/mol. The van der Waals surface area contributed by atoms with E-state index in [0.29, 0.717) is 11.4 Å². The quantitative estimate of drug-likeness (QED) is 0.894. The minimum atomic E-state index is -0.656. The number of benzene rings is 2. The number of para-hydroxylation sites is 1. The van der Waals surface area contributed by atoms with Gasteiger partial charge in [-0.15, -0.1) is 0 Å². The molecule has 0 aromatic heterocycles. The summed E-state index contributed by atoms with van der Waals surface area (Å²) in [5.74, 6) is 0.773. The third-order valence-corrected chi connectivity index (χ3v) is 3.75. The smallest absolute Gasteiger partial charge is 0.122 e. The molecule has 0 saturated carbocycles. The topological polar surface area (TPSA) is 29.5 Å². The van der Waals surface area contributed by atoms with Crippen molar-refractivity contribution in [1.29, 1.82) is 0 Å². The zero-order valence-electron chi connectivity index (χ0n) is 10.4. The monoisotopic (exact) mass is 340 g/mol. The van der Waals surface area contributed by atoms with E-state index in [9.17, 15) is 5.11 Å². The second-order valence-electron chi connectivity index (χ2n) is 4.20. The van der Waals surface area contributed by atoms with Gasteiger partial charge in [0.25, 0.3) is 0 Å². The largest absolute Gasteiger partial charge is 0.496 e. The highest BCUT2D eigenvalue weighted by Gasteiger charge is 2.14. The summed E-state index contributed by atoms with van der Waals surface area (Å²) in [6.45, 7) is 0. The molecule has 0 aliphatic rings. The summed E-state index contributed by atoms with van der Waals surface area (Å²) in [7, 11) is 1.62. The van der Waals surface area contributed by atoms with Gasteiger partial charge in [0.1, 0.15) is 5.75 Å². The normalized spacial score (nSPS) is 12.2. The molecule has 2 aromatic rings.